The number of carbonyl (C=O) groups excluding carboxylic acids is 2. The second-order valence-corrected chi connectivity index (χ2v) is 7.48. The number of hydrogen-bond donors (Lipinski definition) is 1. The Morgan fingerprint density at radius 3 is 2.67 bits per heavy atom. The summed E-state index contributed by atoms with van der Waals surface area (Å²) in [4.78, 5) is 24.9. The van der Waals surface area contributed by atoms with E-state index in [1.165, 1.54) is 0 Å². The number of allylic oxidation sites excluding steroid dienone is 2. The van der Waals surface area contributed by atoms with Crippen molar-refractivity contribution in [3.8, 4) is 11.5 Å². The molecule has 2 aromatic rings. The van der Waals surface area contributed by atoms with E-state index < -0.39 is 11.8 Å². The van der Waals surface area contributed by atoms with Gasteiger partial charge in [-0.05, 0) is 55.2 Å². The molecule has 2 aliphatic rings. The van der Waals surface area contributed by atoms with E-state index in [9.17, 15) is 14.7 Å². The molecule has 6 heteroatoms. The average Bonchev–Trinajstić information content (AvgIpc) is 2.75. The van der Waals surface area contributed by atoms with E-state index in [2.05, 4.69) is 0 Å². The SMILES string of the molecule is CCOC(=O)[C@@]1(O)C[C@@H](c2cccc(Oc3ccccc3)c2)C2=C(O1)C(=O)CCC2. The van der Waals surface area contributed by atoms with Crippen molar-refractivity contribution in [1.29, 1.82) is 0 Å². The second-order valence-electron chi connectivity index (χ2n) is 7.48. The summed E-state index contributed by atoms with van der Waals surface area (Å²) >= 11 is 0. The molecule has 6 nitrogen and oxygen atoms in total. The maximum Gasteiger partial charge on any atom is 0.379 e. The van der Waals surface area contributed by atoms with Gasteiger partial charge in [-0.1, -0.05) is 30.3 Å². The molecule has 0 radical (unpaired) electrons. The molecule has 2 atom stereocenters. The minimum absolute atomic E-state index is 0.0211. The third-order valence-corrected chi connectivity index (χ3v) is 5.40. The molecular formula is C24H24O6. The zero-order valence-corrected chi connectivity index (χ0v) is 16.8. The number of hydrogen-bond acceptors (Lipinski definition) is 6. The molecule has 0 aromatic heterocycles. The minimum atomic E-state index is -2.19. The van der Waals surface area contributed by atoms with Crippen molar-refractivity contribution in [2.24, 2.45) is 0 Å². The Hall–Kier alpha value is -3.12. The van der Waals surface area contributed by atoms with Crippen LogP contribution in [0.3, 0.4) is 0 Å². The summed E-state index contributed by atoms with van der Waals surface area (Å²) in [7, 11) is 0. The summed E-state index contributed by atoms with van der Waals surface area (Å²) in [5.41, 5.74) is 1.66. The number of ketones is 1. The first kappa shape index (κ1) is 20.2. The van der Waals surface area contributed by atoms with E-state index in [0.717, 1.165) is 17.6 Å². The van der Waals surface area contributed by atoms with E-state index in [1.807, 2.05) is 54.6 Å². The lowest BCUT2D eigenvalue weighted by molar-refractivity contribution is -0.223. The molecule has 0 fully saturated rings. The summed E-state index contributed by atoms with van der Waals surface area (Å²) in [6.07, 6.45) is 1.71. The standard InChI is InChI=1S/C24H24O6/c1-2-28-23(26)24(27)15-20(19-12-7-13-21(25)22(19)30-24)16-8-6-11-18(14-16)29-17-9-4-3-5-10-17/h3-6,8-11,14,20,27H,2,7,12-13,15H2,1H3/t20-,24+/m0/s1. The van der Waals surface area contributed by atoms with Crippen LogP contribution in [-0.4, -0.2) is 29.3 Å². The van der Waals surface area contributed by atoms with Crippen molar-refractivity contribution in [3.05, 3.63) is 71.5 Å². The van der Waals surface area contributed by atoms with Crippen LogP contribution in [-0.2, 0) is 19.1 Å². The predicted octanol–water partition coefficient (Wildman–Crippen LogP) is 4.24. The lowest BCUT2D eigenvalue weighted by Crippen LogP contribution is -2.48. The van der Waals surface area contributed by atoms with E-state index in [4.69, 9.17) is 14.2 Å². The third-order valence-electron chi connectivity index (χ3n) is 5.40. The first-order valence-corrected chi connectivity index (χ1v) is 10.2. The zero-order chi connectivity index (χ0) is 21.1. The average molecular weight is 408 g/mol. The van der Waals surface area contributed by atoms with Gasteiger partial charge >= 0.3 is 11.8 Å². The van der Waals surface area contributed by atoms with Gasteiger partial charge in [-0.25, -0.2) is 4.79 Å². The summed E-state index contributed by atoms with van der Waals surface area (Å²) in [5.74, 6) is -2.18. The fourth-order valence-corrected chi connectivity index (χ4v) is 4.02. The van der Waals surface area contributed by atoms with Crippen LogP contribution >= 0.6 is 0 Å². The Kier molecular flexibility index (Phi) is 5.59. The Balaban J connectivity index is 1.70. The molecule has 30 heavy (non-hydrogen) atoms. The molecule has 1 aliphatic heterocycles. The summed E-state index contributed by atoms with van der Waals surface area (Å²) in [6.45, 7) is 1.76. The van der Waals surface area contributed by atoms with Gasteiger partial charge in [0.05, 0.1) is 6.61 Å². The number of Topliss-reactive ketones (excluding diaryl/α,β-unsaturated/α-hetero) is 1. The highest BCUT2D eigenvalue weighted by atomic mass is 16.7. The van der Waals surface area contributed by atoms with Crippen molar-refractivity contribution in [2.45, 2.75) is 44.3 Å². The molecular weight excluding hydrogens is 384 g/mol. The van der Waals surface area contributed by atoms with Crippen molar-refractivity contribution < 1.29 is 28.9 Å². The van der Waals surface area contributed by atoms with Gasteiger partial charge in [0.2, 0.25) is 0 Å². The number of benzene rings is 2. The fraction of sp³-hybridized carbons (Fsp3) is 0.333. The fourth-order valence-electron chi connectivity index (χ4n) is 4.02. The van der Waals surface area contributed by atoms with E-state index in [-0.39, 0.29) is 30.5 Å². The molecule has 156 valence electrons. The summed E-state index contributed by atoms with van der Waals surface area (Å²) in [5, 5.41) is 10.9. The molecule has 2 aromatic carbocycles. The smallest absolute Gasteiger partial charge is 0.379 e. The van der Waals surface area contributed by atoms with Crippen LogP contribution in [0.25, 0.3) is 0 Å². The molecule has 0 amide bonds. The highest BCUT2D eigenvalue weighted by molar-refractivity contribution is 5.96. The van der Waals surface area contributed by atoms with Crippen LogP contribution in [0.15, 0.2) is 65.9 Å². The maximum atomic E-state index is 12.5. The topological polar surface area (TPSA) is 82.1 Å². The second kappa shape index (κ2) is 8.32. The Bertz CT molecular complexity index is 980. The molecule has 1 N–H and O–H groups in total. The quantitative estimate of drug-likeness (QED) is 0.745. The Morgan fingerprint density at radius 1 is 1.13 bits per heavy atom. The highest BCUT2D eigenvalue weighted by Gasteiger charge is 2.50. The van der Waals surface area contributed by atoms with E-state index in [1.54, 1.807) is 6.92 Å². The van der Waals surface area contributed by atoms with Gasteiger partial charge in [-0.3, -0.25) is 4.79 Å². The largest absolute Gasteiger partial charge is 0.461 e. The van der Waals surface area contributed by atoms with Crippen molar-refractivity contribution in [1.82, 2.24) is 0 Å². The summed E-state index contributed by atoms with van der Waals surface area (Å²) < 4.78 is 16.5. The van der Waals surface area contributed by atoms with Gasteiger partial charge in [0.15, 0.2) is 11.5 Å². The van der Waals surface area contributed by atoms with Crippen LogP contribution in [0.4, 0.5) is 0 Å². The molecule has 0 unspecified atom stereocenters. The molecule has 0 bridgehead atoms. The van der Waals surface area contributed by atoms with Crippen LogP contribution in [0.2, 0.25) is 0 Å². The van der Waals surface area contributed by atoms with E-state index in [0.29, 0.717) is 24.3 Å². The summed E-state index contributed by atoms with van der Waals surface area (Å²) in [6, 6.07) is 16.9. The number of esters is 1. The zero-order valence-electron chi connectivity index (χ0n) is 16.8. The van der Waals surface area contributed by atoms with Gasteiger partial charge in [-0.2, -0.15) is 0 Å². The lowest BCUT2D eigenvalue weighted by atomic mass is 9.77. The van der Waals surface area contributed by atoms with E-state index >= 15 is 0 Å². The number of aliphatic hydroxyl groups is 1. The van der Waals surface area contributed by atoms with Gasteiger partial charge in [0, 0.05) is 18.8 Å². The molecule has 1 heterocycles. The van der Waals surface area contributed by atoms with Crippen molar-refractivity contribution in [3.63, 3.8) is 0 Å². The molecule has 0 saturated carbocycles. The van der Waals surface area contributed by atoms with Gasteiger partial charge in [-0.15, -0.1) is 0 Å². The normalized spacial score (nSPS) is 23.4. The molecule has 0 spiro atoms. The van der Waals surface area contributed by atoms with Crippen LogP contribution in [0.1, 0.15) is 44.1 Å². The predicted molar refractivity (Wildman–Crippen MR) is 109 cm³/mol. The monoisotopic (exact) mass is 408 g/mol. The maximum absolute atomic E-state index is 12.5. The van der Waals surface area contributed by atoms with Crippen LogP contribution in [0.5, 0.6) is 11.5 Å². The van der Waals surface area contributed by atoms with Crippen molar-refractivity contribution in [2.75, 3.05) is 6.61 Å². The minimum Gasteiger partial charge on any atom is -0.461 e. The third kappa shape index (κ3) is 3.96. The molecule has 1 aliphatic carbocycles. The highest BCUT2D eigenvalue weighted by Crippen LogP contribution is 2.46. The van der Waals surface area contributed by atoms with Crippen molar-refractivity contribution >= 4 is 11.8 Å². The molecule has 4 rings (SSSR count). The van der Waals surface area contributed by atoms with Crippen LogP contribution < -0.4 is 4.74 Å². The lowest BCUT2D eigenvalue weighted by Gasteiger charge is -2.39. The first-order valence-electron chi connectivity index (χ1n) is 10.2. The first-order chi connectivity index (χ1) is 14.5. The van der Waals surface area contributed by atoms with Gasteiger partial charge in [0.1, 0.15) is 11.5 Å². The Labute approximate surface area is 175 Å². The van der Waals surface area contributed by atoms with Crippen LogP contribution in [0, 0.1) is 0 Å². The van der Waals surface area contributed by atoms with Gasteiger partial charge in [0.25, 0.3) is 0 Å². The number of para-hydroxylation sites is 1. The number of carbonyl (C=O) groups is 2. The Morgan fingerprint density at radius 2 is 1.90 bits per heavy atom. The molecule has 0 saturated heterocycles. The number of rotatable bonds is 5. The number of ether oxygens (including phenoxy) is 3. The van der Waals surface area contributed by atoms with Gasteiger partial charge < -0.3 is 19.3 Å².